The molecule has 1 N–H and O–H groups in total. The van der Waals surface area contributed by atoms with Gasteiger partial charge in [0.15, 0.2) is 0 Å². The molecule has 0 radical (unpaired) electrons. The Labute approximate surface area is 122 Å². The summed E-state index contributed by atoms with van der Waals surface area (Å²) in [6, 6.07) is 4.21. The highest BCUT2D eigenvalue weighted by atomic mass is 14.8. The second-order valence-electron chi connectivity index (χ2n) is 3.65. The fourth-order valence-electron chi connectivity index (χ4n) is 1.30. The molecule has 2 nitrogen and oxygen atoms in total. The molecule has 0 amide bonds. The number of nitrogens with one attached hydrogen (secondary N) is 1. The van der Waals surface area contributed by atoms with E-state index in [1.165, 1.54) is 17.7 Å². The van der Waals surface area contributed by atoms with Crippen molar-refractivity contribution >= 4 is 0 Å². The van der Waals surface area contributed by atoms with E-state index >= 15 is 0 Å². The summed E-state index contributed by atoms with van der Waals surface area (Å²) in [5, 5.41) is 3.14. The summed E-state index contributed by atoms with van der Waals surface area (Å²) in [5.41, 5.74) is 3.63. The van der Waals surface area contributed by atoms with Gasteiger partial charge in [0, 0.05) is 17.9 Å². The second-order valence-corrected chi connectivity index (χ2v) is 3.65. The number of aromatic nitrogens is 1. The van der Waals surface area contributed by atoms with Gasteiger partial charge < -0.3 is 5.32 Å². The van der Waals surface area contributed by atoms with Crippen LogP contribution >= 0.6 is 0 Å². The Morgan fingerprint density at radius 3 is 1.84 bits per heavy atom. The van der Waals surface area contributed by atoms with Crippen molar-refractivity contribution in [2.24, 2.45) is 0 Å². The van der Waals surface area contributed by atoms with Crippen LogP contribution in [0.5, 0.6) is 0 Å². The predicted molar refractivity (Wildman–Crippen MR) is 89.8 cm³/mol. The minimum absolute atomic E-state index is 0.913. The normalized spacial score (nSPS) is 8.05. The van der Waals surface area contributed by atoms with Gasteiger partial charge in [-0.3, -0.25) is 4.98 Å². The molecule has 1 heterocycles. The Kier molecular flexibility index (Phi) is 23.8. The highest BCUT2D eigenvalue weighted by Crippen LogP contribution is 2.07. The standard InChI is InChI=1S/C10H16N2.C3H8.2C2H6/c1-4-10-9(7-11-3)6-5-8(2)12-10;1-3-2;2*1-2/h5-6,11H,4,7H2,1-3H3;3H2,1-2H3;2*1-2H3. The molecule has 0 spiro atoms. The molecular formula is C17H36N2. The third kappa shape index (κ3) is 13.3. The third-order valence-electron chi connectivity index (χ3n) is 1.91. The summed E-state index contributed by atoms with van der Waals surface area (Å²) in [4.78, 5) is 4.47. The molecule has 0 aliphatic heterocycles. The molecule has 19 heavy (non-hydrogen) atoms. The van der Waals surface area contributed by atoms with Crippen LogP contribution in [0.1, 0.15) is 71.8 Å². The Balaban J connectivity index is -0.000000313. The van der Waals surface area contributed by atoms with Crippen LogP contribution in [0, 0.1) is 6.92 Å². The maximum absolute atomic E-state index is 4.47. The summed E-state index contributed by atoms with van der Waals surface area (Å²) in [5.74, 6) is 0. The molecular weight excluding hydrogens is 232 g/mol. The zero-order chi connectivity index (χ0) is 15.7. The van der Waals surface area contributed by atoms with Crippen molar-refractivity contribution in [3.63, 3.8) is 0 Å². The van der Waals surface area contributed by atoms with Crippen molar-refractivity contribution in [2.45, 2.75) is 74.8 Å². The van der Waals surface area contributed by atoms with Crippen molar-refractivity contribution in [3.8, 4) is 0 Å². The number of aryl methyl sites for hydroxylation is 2. The molecule has 0 aromatic carbocycles. The maximum Gasteiger partial charge on any atom is 0.0448 e. The number of rotatable bonds is 3. The molecule has 0 bridgehead atoms. The first-order valence-corrected chi connectivity index (χ1v) is 7.79. The number of pyridine rings is 1. The van der Waals surface area contributed by atoms with Crippen LogP contribution in [0.3, 0.4) is 0 Å². The van der Waals surface area contributed by atoms with E-state index in [0.717, 1.165) is 18.7 Å². The van der Waals surface area contributed by atoms with Crippen molar-refractivity contribution in [1.29, 1.82) is 0 Å². The van der Waals surface area contributed by atoms with Crippen LogP contribution in [0.15, 0.2) is 12.1 Å². The van der Waals surface area contributed by atoms with Gasteiger partial charge >= 0.3 is 0 Å². The molecule has 0 atom stereocenters. The molecule has 0 fully saturated rings. The lowest BCUT2D eigenvalue weighted by molar-refractivity contribution is 0.792. The van der Waals surface area contributed by atoms with Gasteiger partial charge in [-0.05, 0) is 32.0 Å². The van der Waals surface area contributed by atoms with Crippen LogP contribution in [0.4, 0.5) is 0 Å². The first-order valence-electron chi connectivity index (χ1n) is 7.79. The van der Waals surface area contributed by atoms with Crippen molar-refractivity contribution < 1.29 is 0 Å². The monoisotopic (exact) mass is 268 g/mol. The maximum atomic E-state index is 4.47. The lowest BCUT2D eigenvalue weighted by atomic mass is 10.1. The SMILES string of the molecule is CC.CC.CCC.CCc1nc(C)ccc1CNC. The zero-order valence-corrected chi connectivity index (χ0v) is 14.7. The van der Waals surface area contributed by atoms with Gasteiger partial charge in [0.05, 0.1) is 0 Å². The molecule has 0 aliphatic carbocycles. The van der Waals surface area contributed by atoms with E-state index in [4.69, 9.17) is 0 Å². The quantitative estimate of drug-likeness (QED) is 0.821. The van der Waals surface area contributed by atoms with Crippen molar-refractivity contribution in [2.75, 3.05) is 7.05 Å². The average Bonchev–Trinajstić information content (AvgIpc) is 2.46. The van der Waals surface area contributed by atoms with Crippen LogP contribution in [0.25, 0.3) is 0 Å². The summed E-state index contributed by atoms with van der Waals surface area (Å²) >= 11 is 0. The van der Waals surface area contributed by atoms with E-state index in [-0.39, 0.29) is 0 Å². The predicted octanol–water partition coefficient (Wildman–Crippen LogP) is 5.14. The van der Waals surface area contributed by atoms with Crippen LogP contribution in [-0.4, -0.2) is 12.0 Å². The van der Waals surface area contributed by atoms with E-state index in [1.807, 2.05) is 41.7 Å². The van der Waals surface area contributed by atoms with Gasteiger partial charge in [-0.2, -0.15) is 0 Å². The lowest BCUT2D eigenvalue weighted by Crippen LogP contribution is -2.09. The molecule has 0 aliphatic rings. The average molecular weight is 268 g/mol. The van der Waals surface area contributed by atoms with Crippen LogP contribution in [-0.2, 0) is 13.0 Å². The summed E-state index contributed by atoms with van der Waals surface area (Å²) < 4.78 is 0. The summed E-state index contributed by atoms with van der Waals surface area (Å²) in [6.45, 7) is 17.3. The molecule has 2 heteroatoms. The number of nitrogens with zero attached hydrogens (tertiary/aromatic N) is 1. The minimum Gasteiger partial charge on any atom is -0.316 e. The fourth-order valence-corrected chi connectivity index (χ4v) is 1.30. The van der Waals surface area contributed by atoms with Crippen molar-refractivity contribution in [3.05, 3.63) is 29.1 Å². The summed E-state index contributed by atoms with van der Waals surface area (Å²) in [7, 11) is 1.96. The first kappa shape index (κ1) is 23.2. The van der Waals surface area contributed by atoms with Gasteiger partial charge in [0.1, 0.15) is 0 Å². The van der Waals surface area contributed by atoms with Gasteiger partial charge in [-0.15, -0.1) is 0 Å². The third-order valence-corrected chi connectivity index (χ3v) is 1.91. The number of hydrogen-bond acceptors (Lipinski definition) is 2. The molecule has 1 aromatic heterocycles. The highest BCUT2D eigenvalue weighted by Gasteiger charge is 2.00. The largest absolute Gasteiger partial charge is 0.316 e. The van der Waals surface area contributed by atoms with Gasteiger partial charge in [0.25, 0.3) is 0 Å². The van der Waals surface area contributed by atoms with E-state index in [1.54, 1.807) is 0 Å². The minimum atomic E-state index is 0.913. The Morgan fingerprint density at radius 1 is 1.00 bits per heavy atom. The van der Waals surface area contributed by atoms with Gasteiger partial charge in [-0.25, -0.2) is 0 Å². The molecule has 0 unspecified atom stereocenters. The van der Waals surface area contributed by atoms with Crippen molar-refractivity contribution in [1.82, 2.24) is 10.3 Å². The highest BCUT2D eigenvalue weighted by molar-refractivity contribution is 5.22. The summed E-state index contributed by atoms with van der Waals surface area (Å²) in [6.07, 6.45) is 2.26. The first-order chi connectivity index (χ1) is 9.19. The molecule has 0 saturated carbocycles. The van der Waals surface area contributed by atoms with E-state index in [2.05, 4.69) is 43.2 Å². The van der Waals surface area contributed by atoms with Crippen LogP contribution in [0.2, 0.25) is 0 Å². The van der Waals surface area contributed by atoms with E-state index in [9.17, 15) is 0 Å². The van der Waals surface area contributed by atoms with Crippen LogP contribution < -0.4 is 5.32 Å². The zero-order valence-electron chi connectivity index (χ0n) is 14.7. The molecule has 1 aromatic rings. The second kappa shape index (κ2) is 19.4. The topological polar surface area (TPSA) is 24.9 Å². The van der Waals surface area contributed by atoms with Gasteiger partial charge in [-0.1, -0.05) is 61.0 Å². The molecule has 1 rings (SSSR count). The van der Waals surface area contributed by atoms with E-state index in [0.29, 0.717) is 0 Å². The fraction of sp³-hybridized carbons (Fsp3) is 0.706. The lowest BCUT2D eigenvalue weighted by Gasteiger charge is -2.06. The Morgan fingerprint density at radius 2 is 1.47 bits per heavy atom. The molecule has 114 valence electrons. The Bertz CT molecular complexity index is 270. The molecule has 0 saturated heterocycles. The van der Waals surface area contributed by atoms with Gasteiger partial charge in [0.2, 0.25) is 0 Å². The Hall–Kier alpha value is -0.890. The van der Waals surface area contributed by atoms with E-state index < -0.39 is 0 Å². The number of hydrogen-bond donors (Lipinski definition) is 1. The smallest absolute Gasteiger partial charge is 0.0448 e.